The number of benzene rings is 1. The zero-order chi connectivity index (χ0) is 16.1. The first kappa shape index (κ1) is 16.8. The smallest absolute Gasteiger partial charge is 0.239 e. The van der Waals surface area contributed by atoms with Gasteiger partial charge >= 0.3 is 0 Å². The van der Waals surface area contributed by atoms with Crippen LogP contribution in [0.15, 0.2) is 24.3 Å². The molecule has 1 aliphatic rings. The number of halogens is 1. The van der Waals surface area contributed by atoms with Gasteiger partial charge in [-0.15, -0.1) is 0 Å². The zero-order valence-corrected chi connectivity index (χ0v) is 13.7. The van der Waals surface area contributed by atoms with Gasteiger partial charge in [-0.2, -0.15) is 0 Å². The highest BCUT2D eigenvalue weighted by Crippen LogP contribution is 2.27. The first-order valence-corrected chi connectivity index (χ1v) is 7.98. The molecule has 0 aromatic heterocycles. The molecule has 22 heavy (non-hydrogen) atoms. The Balaban J connectivity index is 1.95. The second-order valence-corrected chi connectivity index (χ2v) is 5.95. The van der Waals surface area contributed by atoms with Crippen molar-refractivity contribution < 1.29 is 9.59 Å². The number of anilines is 1. The van der Waals surface area contributed by atoms with Gasteiger partial charge in [0.05, 0.1) is 0 Å². The fourth-order valence-electron chi connectivity index (χ4n) is 2.62. The number of amides is 2. The molecule has 0 radical (unpaired) electrons. The van der Waals surface area contributed by atoms with Crippen LogP contribution >= 0.6 is 11.6 Å². The number of nitrogens with zero attached hydrogens (tertiary/aromatic N) is 1. The molecule has 2 atom stereocenters. The van der Waals surface area contributed by atoms with E-state index in [9.17, 15) is 9.59 Å². The van der Waals surface area contributed by atoms with Crippen LogP contribution in [0.2, 0.25) is 5.02 Å². The molecule has 1 heterocycles. The molecule has 0 bridgehead atoms. The first-order valence-electron chi connectivity index (χ1n) is 7.61. The summed E-state index contributed by atoms with van der Waals surface area (Å²) in [6.07, 6.45) is 0.534. The van der Waals surface area contributed by atoms with Crippen molar-refractivity contribution in [2.24, 2.45) is 5.92 Å². The number of nitrogens with one attached hydrogen (secondary N) is 2. The van der Waals surface area contributed by atoms with Gasteiger partial charge in [0.15, 0.2) is 0 Å². The quantitative estimate of drug-likeness (QED) is 0.785. The lowest BCUT2D eigenvalue weighted by molar-refractivity contribution is -0.132. The maximum atomic E-state index is 12.4. The molecule has 1 saturated heterocycles. The minimum Gasteiger partial charge on any atom is -0.354 e. The average molecular weight is 324 g/mol. The second kappa shape index (κ2) is 7.61. The summed E-state index contributed by atoms with van der Waals surface area (Å²) in [4.78, 5) is 26.3. The Hall–Kier alpha value is -1.59. The standard InChI is InChI=1S/C16H22ClN3O2/c1-3-18-11(2)10-19-15(21)14-7-8-20(16(14)22)13-6-4-5-12(17)9-13/h4-6,9,11,14,18H,3,7-8,10H2,1-2H3,(H,19,21)/t11-,14?/m1/s1. The SMILES string of the molecule is CCN[C@H](C)CNC(=O)C1CCN(c2cccc(Cl)c2)C1=O. The van der Waals surface area contributed by atoms with Crippen molar-refractivity contribution in [1.29, 1.82) is 0 Å². The summed E-state index contributed by atoms with van der Waals surface area (Å²) >= 11 is 5.96. The molecule has 1 aliphatic heterocycles. The second-order valence-electron chi connectivity index (χ2n) is 5.51. The molecule has 0 aliphatic carbocycles. The third-order valence-corrected chi connectivity index (χ3v) is 4.01. The van der Waals surface area contributed by atoms with Crippen LogP contribution in [-0.4, -0.2) is 37.5 Å². The first-order chi connectivity index (χ1) is 10.5. The molecule has 120 valence electrons. The highest BCUT2D eigenvalue weighted by atomic mass is 35.5. The summed E-state index contributed by atoms with van der Waals surface area (Å²) in [5.41, 5.74) is 0.744. The van der Waals surface area contributed by atoms with Crippen LogP contribution < -0.4 is 15.5 Å². The molecular weight excluding hydrogens is 302 g/mol. The molecule has 1 aromatic carbocycles. The summed E-state index contributed by atoms with van der Waals surface area (Å²) in [5.74, 6) is -0.956. The van der Waals surface area contributed by atoms with Gasteiger partial charge in [-0.3, -0.25) is 9.59 Å². The summed E-state index contributed by atoms with van der Waals surface area (Å²) in [5, 5.41) is 6.65. The maximum Gasteiger partial charge on any atom is 0.239 e. The minimum absolute atomic E-state index is 0.157. The Kier molecular flexibility index (Phi) is 5.80. The summed E-state index contributed by atoms with van der Waals surface area (Å²) in [6, 6.07) is 7.33. The normalized spacial score (nSPS) is 19.3. The van der Waals surface area contributed by atoms with Crippen molar-refractivity contribution in [2.75, 3.05) is 24.5 Å². The highest BCUT2D eigenvalue weighted by molar-refractivity contribution is 6.31. The van der Waals surface area contributed by atoms with E-state index in [0.29, 0.717) is 24.5 Å². The monoisotopic (exact) mass is 323 g/mol. The lowest BCUT2D eigenvalue weighted by Gasteiger charge is -2.18. The van der Waals surface area contributed by atoms with E-state index < -0.39 is 5.92 Å². The molecule has 6 heteroatoms. The van der Waals surface area contributed by atoms with Crippen LogP contribution in [0, 0.1) is 5.92 Å². The van der Waals surface area contributed by atoms with Crippen molar-refractivity contribution in [1.82, 2.24) is 10.6 Å². The fourth-order valence-corrected chi connectivity index (χ4v) is 2.81. The van der Waals surface area contributed by atoms with Crippen molar-refractivity contribution in [3.63, 3.8) is 0 Å². The molecule has 0 saturated carbocycles. The van der Waals surface area contributed by atoms with Crippen LogP contribution in [0.1, 0.15) is 20.3 Å². The van der Waals surface area contributed by atoms with Crippen molar-refractivity contribution >= 4 is 29.1 Å². The minimum atomic E-state index is -0.604. The van der Waals surface area contributed by atoms with Gasteiger partial charge in [-0.05, 0) is 38.1 Å². The summed E-state index contributed by atoms with van der Waals surface area (Å²) in [7, 11) is 0. The Bertz CT molecular complexity index is 550. The van der Waals surface area contributed by atoms with E-state index in [2.05, 4.69) is 10.6 Å². The average Bonchev–Trinajstić information content (AvgIpc) is 2.87. The Morgan fingerprint density at radius 3 is 2.95 bits per heavy atom. The van der Waals surface area contributed by atoms with Gasteiger partial charge < -0.3 is 15.5 Å². The largest absolute Gasteiger partial charge is 0.354 e. The Labute approximate surface area is 136 Å². The van der Waals surface area contributed by atoms with E-state index in [0.717, 1.165) is 12.2 Å². The van der Waals surface area contributed by atoms with E-state index in [1.807, 2.05) is 19.9 Å². The van der Waals surface area contributed by atoms with Crippen LogP contribution in [0.4, 0.5) is 5.69 Å². The predicted octanol–water partition coefficient (Wildman–Crippen LogP) is 1.81. The number of hydrogen-bond donors (Lipinski definition) is 2. The third kappa shape index (κ3) is 3.99. The molecule has 1 aromatic rings. The molecule has 2 N–H and O–H groups in total. The third-order valence-electron chi connectivity index (χ3n) is 3.78. The molecule has 1 unspecified atom stereocenters. The molecule has 0 spiro atoms. The van der Waals surface area contributed by atoms with Gasteiger partial charge in [-0.1, -0.05) is 24.6 Å². The van der Waals surface area contributed by atoms with Crippen molar-refractivity contribution in [3.8, 4) is 0 Å². The number of likely N-dealkylation sites (N-methyl/N-ethyl adjacent to an activating group) is 1. The van der Waals surface area contributed by atoms with Crippen LogP contribution in [-0.2, 0) is 9.59 Å². The summed E-state index contributed by atoms with van der Waals surface area (Å²) < 4.78 is 0. The molecule has 1 fully saturated rings. The van der Waals surface area contributed by atoms with E-state index in [1.54, 1.807) is 23.1 Å². The van der Waals surface area contributed by atoms with Crippen LogP contribution in [0.25, 0.3) is 0 Å². The Morgan fingerprint density at radius 2 is 2.27 bits per heavy atom. The fraction of sp³-hybridized carbons (Fsp3) is 0.500. The van der Waals surface area contributed by atoms with Crippen molar-refractivity contribution in [2.45, 2.75) is 26.3 Å². The Morgan fingerprint density at radius 1 is 1.50 bits per heavy atom. The highest BCUT2D eigenvalue weighted by Gasteiger charge is 2.37. The lowest BCUT2D eigenvalue weighted by atomic mass is 10.1. The van der Waals surface area contributed by atoms with Gasteiger partial charge in [-0.25, -0.2) is 0 Å². The van der Waals surface area contributed by atoms with E-state index in [4.69, 9.17) is 11.6 Å². The maximum absolute atomic E-state index is 12.4. The van der Waals surface area contributed by atoms with Gasteiger partial charge in [0.2, 0.25) is 11.8 Å². The van der Waals surface area contributed by atoms with Gasteiger partial charge in [0.1, 0.15) is 5.92 Å². The van der Waals surface area contributed by atoms with E-state index in [1.165, 1.54) is 0 Å². The molecule has 2 amide bonds. The zero-order valence-electron chi connectivity index (χ0n) is 12.9. The van der Waals surface area contributed by atoms with Crippen LogP contribution in [0.3, 0.4) is 0 Å². The number of hydrogen-bond acceptors (Lipinski definition) is 3. The van der Waals surface area contributed by atoms with Crippen molar-refractivity contribution in [3.05, 3.63) is 29.3 Å². The topological polar surface area (TPSA) is 61.4 Å². The van der Waals surface area contributed by atoms with E-state index >= 15 is 0 Å². The van der Waals surface area contributed by atoms with Crippen LogP contribution in [0.5, 0.6) is 0 Å². The molecule has 2 rings (SSSR count). The number of rotatable bonds is 6. The molecular formula is C16H22ClN3O2. The molecule has 5 nitrogen and oxygen atoms in total. The lowest BCUT2D eigenvalue weighted by Crippen LogP contribution is -2.43. The van der Waals surface area contributed by atoms with Gasteiger partial charge in [0.25, 0.3) is 0 Å². The number of carbonyl (C=O) groups excluding carboxylic acids is 2. The predicted molar refractivity (Wildman–Crippen MR) is 88.1 cm³/mol. The van der Waals surface area contributed by atoms with E-state index in [-0.39, 0.29) is 17.9 Å². The summed E-state index contributed by atoms with van der Waals surface area (Å²) in [6.45, 7) is 5.93. The number of carbonyl (C=O) groups is 2. The van der Waals surface area contributed by atoms with Gasteiger partial charge in [0, 0.05) is 29.8 Å².